The van der Waals surface area contributed by atoms with Crippen molar-refractivity contribution in [2.75, 3.05) is 12.4 Å². The number of carbonyl (C=O) groups is 1. The molecule has 1 aromatic heterocycles. The number of aryl methyl sites for hydroxylation is 2. The predicted molar refractivity (Wildman–Crippen MR) is 80.5 cm³/mol. The summed E-state index contributed by atoms with van der Waals surface area (Å²) in [6, 6.07) is 5.77. The molecule has 1 unspecified atom stereocenters. The molecule has 0 bridgehead atoms. The van der Waals surface area contributed by atoms with Crippen LogP contribution in [0.2, 0.25) is 0 Å². The third kappa shape index (κ3) is 2.77. The Hall–Kier alpha value is -2.30. The second-order valence-electron chi connectivity index (χ2n) is 5.46. The van der Waals surface area contributed by atoms with Gasteiger partial charge in [0.15, 0.2) is 0 Å². The van der Waals surface area contributed by atoms with Gasteiger partial charge in [-0.05, 0) is 37.5 Å². The number of hydrogen-bond donors (Lipinski definition) is 2. The van der Waals surface area contributed by atoms with Crippen LogP contribution in [0.4, 0.5) is 5.69 Å². The summed E-state index contributed by atoms with van der Waals surface area (Å²) < 4.78 is 5.30. The van der Waals surface area contributed by atoms with E-state index in [1.807, 2.05) is 25.1 Å². The average Bonchev–Trinajstić information content (AvgIpc) is 2.94. The van der Waals surface area contributed by atoms with E-state index in [-0.39, 0.29) is 11.8 Å². The zero-order valence-corrected chi connectivity index (χ0v) is 12.3. The maximum Gasteiger partial charge on any atom is 0.227 e. The zero-order chi connectivity index (χ0) is 14.8. The van der Waals surface area contributed by atoms with Gasteiger partial charge in [0.1, 0.15) is 5.75 Å². The maximum atomic E-state index is 12.5. The van der Waals surface area contributed by atoms with E-state index in [1.165, 1.54) is 0 Å². The van der Waals surface area contributed by atoms with Crippen LogP contribution < -0.4 is 10.1 Å². The molecule has 1 aromatic carbocycles. The summed E-state index contributed by atoms with van der Waals surface area (Å²) in [7, 11) is 1.61. The maximum absolute atomic E-state index is 12.5. The lowest BCUT2D eigenvalue weighted by Gasteiger charge is -2.21. The van der Waals surface area contributed by atoms with Gasteiger partial charge in [0.25, 0.3) is 0 Å². The molecule has 110 valence electrons. The minimum atomic E-state index is -0.0248. The summed E-state index contributed by atoms with van der Waals surface area (Å²) in [4.78, 5) is 19.9. The highest BCUT2D eigenvalue weighted by atomic mass is 16.5. The summed E-state index contributed by atoms with van der Waals surface area (Å²) in [5, 5.41) is 3.00. The van der Waals surface area contributed by atoms with Gasteiger partial charge in [-0.3, -0.25) is 4.79 Å². The van der Waals surface area contributed by atoms with Crippen LogP contribution in [0, 0.1) is 12.8 Å². The highest BCUT2D eigenvalue weighted by Gasteiger charge is 2.26. The summed E-state index contributed by atoms with van der Waals surface area (Å²) >= 11 is 0. The second kappa shape index (κ2) is 5.60. The SMILES string of the molecule is COc1ccc(C)cc1NC(=O)C1CCc2nc[nH]c2C1. The summed E-state index contributed by atoms with van der Waals surface area (Å²) in [5.74, 6) is 0.703. The van der Waals surface area contributed by atoms with E-state index < -0.39 is 0 Å². The summed E-state index contributed by atoms with van der Waals surface area (Å²) in [5.41, 5.74) is 3.99. The number of rotatable bonds is 3. The van der Waals surface area contributed by atoms with Crippen molar-refractivity contribution >= 4 is 11.6 Å². The molecule has 1 amide bonds. The van der Waals surface area contributed by atoms with Crippen LogP contribution >= 0.6 is 0 Å². The Morgan fingerprint density at radius 2 is 2.33 bits per heavy atom. The topological polar surface area (TPSA) is 67.0 Å². The van der Waals surface area contributed by atoms with Crippen LogP contribution in [0.1, 0.15) is 23.4 Å². The molecule has 1 aliphatic carbocycles. The number of H-pyrrole nitrogens is 1. The molecule has 0 aliphatic heterocycles. The van der Waals surface area contributed by atoms with Crippen molar-refractivity contribution in [1.82, 2.24) is 9.97 Å². The third-order valence-electron chi connectivity index (χ3n) is 3.97. The number of amides is 1. The second-order valence-corrected chi connectivity index (χ2v) is 5.46. The number of imidazole rings is 1. The fraction of sp³-hybridized carbons (Fsp3) is 0.375. The van der Waals surface area contributed by atoms with Crippen LogP contribution in [-0.2, 0) is 17.6 Å². The van der Waals surface area contributed by atoms with Gasteiger partial charge in [0.2, 0.25) is 5.91 Å². The molecule has 1 heterocycles. The Morgan fingerprint density at radius 1 is 1.48 bits per heavy atom. The number of anilines is 1. The first-order valence-corrected chi connectivity index (χ1v) is 7.14. The molecule has 0 spiro atoms. The van der Waals surface area contributed by atoms with E-state index in [0.29, 0.717) is 5.75 Å². The first-order valence-electron chi connectivity index (χ1n) is 7.14. The lowest BCUT2D eigenvalue weighted by atomic mass is 9.89. The van der Waals surface area contributed by atoms with Crippen molar-refractivity contribution in [2.24, 2.45) is 5.92 Å². The molecular weight excluding hydrogens is 266 g/mol. The number of hydrogen-bond acceptors (Lipinski definition) is 3. The van der Waals surface area contributed by atoms with Gasteiger partial charge in [0, 0.05) is 18.0 Å². The lowest BCUT2D eigenvalue weighted by Crippen LogP contribution is -2.28. The molecule has 0 saturated carbocycles. The van der Waals surface area contributed by atoms with Gasteiger partial charge in [-0.2, -0.15) is 0 Å². The molecule has 3 rings (SSSR count). The average molecular weight is 285 g/mol. The number of nitrogens with zero attached hydrogens (tertiary/aromatic N) is 1. The Morgan fingerprint density at radius 3 is 3.14 bits per heavy atom. The third-order valence-corrected chi connectivity index (χ3v) is 3.97. The normalized spacial score (nSPS) is 17.1. The Balaban J connectivity index is 1.74. The molecule has 0 fully saturated rings. The molecule has 0 radical (unpaired) electrons. The standard InChI is InChI=1S/C16H19N3O2/c1-10-3-6-15(21-2)14(7-10)19-16(20)11-4-5-12-13(8-11)18-9-17-12/h3,6-7,9,11H,4-5,8H2,1-2H3,(H,17,18)(H,19,20). The number of benzene rings is 1. The van der Waals surface area contributed by atoms with Crippen LogP contribution in [0.5, 0.6) is 5.75 Å². The molecule has 5 nitrogen and oxygen atoms in total. The van der Waals surface area contributed by atoms with Crippen molar-refractivity contribution in [3.05, 3.63) is 41.5 Å². The number of ether oxygens (including phenoxy) is 1. The fourth-order valence-corrected chi connectivity index (χ4v) is 2.78. The van der Waals surface area contributed by atoms with E-state index in [2.05, 4.69) is 15.3 Å². The largest absolute Gasteiger partial charge is 0.495 e. The number of nitrogens with one attached hydrogen (secondary N) is 2. The van der Waals surface area contributed by atoms with Gasteiger partial charge in [0.05, 0.1) is 24.8 Å². The zero-order valence-electron chi connectivity index (χ0n) is 12.3. The Kier molecular flexibility index (Phi) is 3.64. The van der Waals surface area contributed by atoms with Crippen molar-refractivity contribution in [2.45, 2.75) is 26.2 Å². The van der Waals surface area contributed by atoms with Crippen LogP contribution in [-0.4, -0.2) is 23.0 Å². The van der Waals surface area contributed by atoms with E-state index in [1.54, 1.807) is 13.4 Å². The number of aromatic nitrogens is 2. The van der Waals surface area contributed by atoms with Crippen molar-refractivity contribution < 1.29 is 9.53 Å². The molecule has 2 aromatic rings. The van der Waals surface area contributed by atoms with Crippen LogP contribution in [0.25, 0.3) is 0 Å². The number of carbonyl (C=O) groups excluding carboxylic acids is 1. The Bertz CT molecular complexity index is 663. The fourth-order valence-electron chi connectivity index (χ4n) is 2.78. The number of aromatic amines is 1. The molecular formula is C16H19N3O2. The predicted octanol–water partition coefficient (Wildman–Crippen LogP) is 2.47. The highest BCUT2D eigenvalue weighted by Crippen LogP contribution is 2.28. The van der Waals surface area contributed by atoms with Gasteiger partial charge in [-0.25, -0.2) is 4.98 Å². The minimum absolute atomic E-state index is 0.0248. The van der Waals surface area contributed by atoms with Gasteiger partial charge < -0.3 is 15.0 Å². The summed E-state index contributed by atoms with van der Waals surface area (Å²) in [6.45, 7) is 1.99. The van der Waals surface area contributed by atoms with E-state index in [4.69, 9.17) is 4.74 Å². The monoisotopic (exact) mass is 285 g/mol. The molecule has 0 saturated heterocycles. The first kappa shape index (κ1) is 13.7. The molecule has 21 heavy (non-hydrogen) atoms. The quantitative estimate of drug-likeness (QED) is 0.910. The van der Waals surface area contributed by atoms with Crippen LogP contribution in [0.3, 0.4) is 0 Å². The molecule has 2 N–H and O–H groups in total. The first-order chi connectivity index (χ1) is 10.2. The van der Waals surface area contributed by atoms with Gasteiger partial charge in [-0.15, -0.1) is 0 Å². The smallest absolute Gasteiger partial charge is 0.227 e. The van der Waals surface area contributed by atoms with Gasteiger partial charge in [-0.1, -0.05) is 6.07 Å². The van der Waals surface area contributed by atoms with Crippen molar-refractivity contribution in [3.63, 3.8) is 0 Å². The molecule has 5 heteroatoms. The minimum Gasteiger partial charge on any atom is -0.495 e. The van der Waals surface area contributed by atoms with Crippen molar-refractivity contribution in [1.29, 1.82) is 0 Å². The number of methoxy groups -OCH3 is 1. The van der Waals surface area contributed by atoms with E-state index >= 15 is 0 Å². The van der Waals surface area contributed by atoms with Crippen LogP contribution in [0.15, 0.2) is 24.5 Å². The molecule has 1 aliphatic rings. The summed E-state index contributed by atoms with van der Waals surface area (Å²) in [6.07, 6.45) is 4.10. The van der Waals surface area contributed by atoms with E-state index in [0.717, 1.165) is 41.9 Å². The Labute approximate surface area is 123 Å². The molecule has 1 atom stereocenters. The number of fused-ring (bicyclic) bond motifs is 1. The lowest BCUT2D eigenvalue weighted by molar-refractivity contribution is -0.120. The highest BCUT2D eigenvalue weighted by molar-refractivity contribution is 5.94. The van der Waals surface area contributed by atoms with E-state index in [9.17, 15) is 4.79 Å². The van der Waals surface area contributed by atoms with Gasteiger partial charge >= 0.3 is 0 Å². The van der Waals surface area contributed by atoms with Crippen molar-refractivity contribution in [3.8, 4) is 5.75 Å².